The molecule has 4 rings (SSSR count). The largest absolute Gasteiger partial charge is 0.433 e. The Bertz CT molecular complexity index is 1300. The molecular weight excluding hydrogens is 428 g/mol. The molecular formula is C20H13ClN4O4S. The lowest BCUT2D eigenvalue weighted by Crippen LogP contribution is -2.25. The Balaban J connectivity index is 1.75. The third-order valence-electron chi connectivity index (χ3n) is 4.07. The predicted octanol–water partition coefficient (Wildman–Crippen LogP) is 5.44. The summed E-state index contributed by atoms with van der Waals surface area (Å²) in [4.78, 5) is 27.8. The maximum absolute atomic E-state index is 13.2. The monoisotopic (exact) mass is 440 g/mol. The summed E-state index contributed by atoms with van der Waals surface area (Å²) in [5.74, 6) is -0.743. The van der Waals surface area contributed by atoms with E-state index in [0.29, 0.717) is 15.7 Å². The number of thiazole rings is 1. The van der Waals surface area contributed by atoms with Gasteiger partial charge < -0.3 is 4.42 Å². The van der Waals surface area contributed by atoms with Crippen molar-refractivity contribution in [2.75, 3.05) is 5.01 Å². The van der Waals surface area contributed by atoms with E-state index in [1.165, 1.54) is 35.8 Å². The maximum atomic E-state index is 13.2. The summed E-state index contributed by atoms with van der Waals surface area (Å²) in [6.45, 7) is 1.97. The minimum atomic E-state index is -0.651. The second kappa shape index (κ2) is 8.05. The summed E-state index contributed by atoms with van der Waals surface area (Å²) in [7, 11) is 0. The van der Waals surface area contributed by atoms with Crippen LogP contribution in [0.1, 0.15) is 21.7 Å². The van der Waals surface area contributed by atoms with Crippen molar-refractivity contribution in [1.82, 2.24) is 4.98 Å². The van der Waals surface area contributed by atoms with Crippen LogP contribution in [-0.2, 0) is 0 Å². The molecule has 2 aromatic heterocycles. The molecule has 2 heterocycles. The van der Waals surface area contributed by atoms with Gasteiger partial charge in [-0.3, -0.25) is 14.9 Å². The first-order valence-electron chi connectivity index (χ1n) is 8.66. The number of hydrogen-bond acceptors (Lipinski definition) is 7. The molecule has 0 spiro atoms. The number of benzene rings is 2. The maximum Gasteiger partial charge on any atom is 0.433 e. The standard InChI is InChI=1S/C20H13ClN4O4S/c1-12-5-7-16-17(9-12)30-20(23-16)24(19(26)13-3-2-4-14(21)10-13)22-11-15-6-8-18(29-15)25(27)28/h2-11H,1H3/b22-11+. The van der Waals surface area contributed by atoms with Crippen molar-refractivity contribution in [3.05, 3.63) is 86.6 Å². The van der Waals surface area contributed by atoms with Crippen molar-refractivity contribution < 1.29 is 14.1 Å². The summed E-state index contributed by atoms with van der Waals surface area (Å²) in [6.07, 6.45) is 1.23. The number of rotatable bonds is 5. The van der Waals surface area contributed by atoms with Gasteiger partial charge in [-0.25, -0.2) is 4.98 Å². The van der Waals surface area contributed by atoms with E-state index in [1.54, 1.807) is 18.2 Å². The third kappa shape index (κ3) is 4.07. The average Bonchev–Trinajstić information content (AvgIpc) is 3.35. The van der Waals surface area contributed by atoms with Crippen LogP contribution in [0.5, 0.6) is 0 Å². The zero-order valence-electron chi connectivity index (χ0n) is 15.5. The zero-order valence-corrected chi connectivity index (χ0v) is 17.1. The first kappa shape index (κ1) is 19.7. The minimum absolute atomic E-state index is 0.127. The number of aromatic nitrogens is 1. The number of amides is 1. The van der Waals surface area contributed by atoms with Gasteiger partial charge >= 0.3 is 5.88 Å². The highest BCUT2D eigenvalue weighted by Crippen LogP contribution is 2.31. The number of carbonyl (C=O) groups excluding carboxylic acids is 1. The molecule has 0 aliphatic heterocycles. The number of nitrogens with zero attached hydrogens (tertiary/aromatic N) is 4. The lowest BCUT2D eigenvalue weighted by atomic mass is 10.2. The number of halogens is 1. The summed E-state index contributed by atoms with van der Waals surface area (Å²) in [5, 5.41) is 16.9. The van der Waals surface area contributed by atoms with Crippen molar-refractivity contribution in [3.63, 3.8) is 0 Å². The molecule has 0 unspecified atom stereocenters. The third-order valence-corrected chi connectivity index (χ3v) is 5.30. The molecule has 150 valence electrons. The first-order valence-corrected chi connectivity index (χ1v) is 9.85. The van der Waals surface area contributed by atoms with Crippen molar-refractivity contribution in [3.8, 4) is 0 Å². The number of carbonyl (C=O) groups is 1. The fourth-order valence-corrected chi connectivity index (χ4v) is 3.88. The van der Waals surface area contributed by atoms with Crippen LogP contribution in [0.4, 0.5) is 11.0 Å². The van der Waals surface area contributed by atoms with Gasteiger partial charge in [0.15, 0.2) is 5.76 Å². The van der Waals surface area contributed by atoms with E-state index < -0.39 is 16.7 Å². The van der Waals surface area contributed by atoms with Crippen LogP contribution in [0.3, 0.4) is 0 Å². The van der Waals surface area contributed by atoms with Crippen LogP contribution in [-0.4, -0.2) is 22.0 Å². The minimum Gasteiger partial charge on any atom is -0.400 e. The van der Waals surface area contributed by atoms with Crippen LogP contribution >= 0.6 is 22.9 Å². The van der Waals surface area contributed by atoms with Crippen LogP contribution in [0.15, 0.2) is 64.1 Å². The Hall–Kier alpha value is -3.56. The number of furan rings is 1. The predicted molar refractivity (Wildman–Crippen MR) is 116 cm³/mol. The number of fused-ring (bicyclic) bond motifs is 1. The van der Waals surface area contributed by atoms with E-state index in [9.17, 15) is 14.9 Å². The second-order valence-electron chi connectivity index (χ2n) is 6.27. The fraction of sp³-hybridized carbons (Fsp3) is 0.0500. The Morgan fingerprint density at radius 1 is 1.27 bits per heavy atom. The van der Waals surface area contributed by atoms with E-state index in [0.717, 1.165) is 20.8 Å². The van der Waals surface area contributed by atoms with Crippen LogP contribution in [0.25, 0.3) is 10.2 Å². The molecule has 8 nitrogen and oxygen atoms in total. The highest BCUT2D eigenvalue weighted by molar-refractivity contribution is 7.22. The van der Waals surface area contributed by atoms with E-state index in [2.05, 4.69) is 10.1 Å². The molecule has 10 heteroatoms. The molecule has 1 amide bonds. The lowest BCUT2D eigenvalue weighted by molar-refractivity contribution is -0.402. The van der Waals surface area contributed by atoms with Crippen molar-refractivity contribution in [2.45, 2.75) is 6.92 Å². The highest BCUT2D eigenvalue weighted by Gasteiger charge is 2.22. The van der Waals surface area contributed by atoms with Gasteiger partial charge in [0.1, 0.15) is 4.92 Å². The molecule has 0 fully saturated rings. The normalized spacial score (nSPS) is 11.3. The van der Waals surface area contributed by atoms with Gasteiger partial charge in [-0.05, 0) is 48.9 Å². The summed E-state index contributed by atoms with van der Waals surface area (Å²) < 4.78 is 5.99. The second-order valence-corrected chi connectivity index (χ2v) is 7.72. The van der Waals surface area contributed by atoms with Gasteiger partial charge in [-0.1, -0.05) is 35.1 Å². The summed E-state index contributed by atoms with van der Waals surface area (Å²) in [6, 6.07) is 14.8. The molecule has 0 saturated heterocycles. The Morgan fingerprint density at radius 3 is 2.83 bits per heavy atom. The number of anilines is 1. The molecule has 2 aromatic carbocycles. The van der Waals surface area contributed by atoms with Gasteiger partial charge in [0.05, 0.1) is 22.5 Å². The Labute approximate surface area is 179 Å². The summed E-state index contributed by atoms with van der Waals surface area (Å²) in [5.41, 5.74) is 2.12. The van der Waals surface area contributed by atoms with Gasteiger partial charge in [0.25, 0.3) is 5.91 Å². The first-order chi connectivity index (χ1) is 14.4. The number of hydrogen-bond donors (Lipinski definition) is 0. The number of hydrazone groups is 1. The lowest BCUT2D eigenvalue weighted by Gasteiger charge is -2.13. The van der Waals surface area contributed by atoms with Crippen molar-refractivity contribution >= 4 is 56.3 Å². The molecule has 30 heavy (non-hydrogen) atoms. The molecule has 0 atom stereocenters. The smallest absolute Gasteiger partial charge is 0.400 e. The molecule has 0 N–H and O–H groups in total. The van der Waals surface area contributed by atoms with Gasteiger partial charge in [-0.15, -0.1) is 0 Å². The quantitative estimate of drug-likeness (QED) is 0.233. The number of aryl methyl sites for hydroxylation is 1. The number of nitro groups is 1. The van der Waals surface area contributed by atoms with Crippen LogP contribution in [0.2, 0.25) is 5.02 Å². The molecule has 0 saturated carbocycles. The molecule has 0 aliphatic carbocycles. The zero-order chi connectivity index (χ0) is 21.3. The van der Waals surface area contributed by atoms with Crippen LogP contribution < -0.4 is 5.01 Å². The molecule has 0 aliphatic rings. The summed E-state index contributed by atoms with van der Waals surface area (Å²) >= 11 is 7.33. The Kier molecular flexibility index (Phi) is 5.30. The van der Waals surface area contributed by atoms with Gasteiger partial charge in [0, 0.05) is 10.6 Å². The molecule has 0 bridgehead atoms. The Morgan fingerprint density at radius 2 is 2.10 bits per heavy atom. The fourth-order valence-electron chi connectivity index (χ4n) is 2.67. The molecule has 4 aromatic rings. The van der Waals surface area contributed by atoms with E-state index in [-0.39, 0.29) is 5.76 Å². The van der Waals surface area contributed by atoms with Gasteiger partial charge in [-0.2, -0.15) is 10.1 Å². The van der Waals surface area contributed by atoms with E-state index in [4.69, 9.17) is 16.0 Å². The van der Waals surface area contributed by atoms with E-state index >= 15 is 0 Å². The average molecular weight is 441 g/mol. The molecule has 0 radical (unpaired) electrons. The van der Waals surface area contributed by atoms with E-state index in [1.807, 2.05) is 25.1 Å². The SMILES string of the molecule is Cc1ccc2nc(N(/N=C/c3ccc([N+](=O)[O-])o3)C(=O)c3cccc(Cl)c3)sc2c1. The van der Waals surface area contributed by atoms with Crippen LogP contribution in [0, 0.1) is 17.0 Å². The topological polar surface area (TPSA) is 102 Å². The van der Waals surface area contributed by atoms with Crippen molar-refractivity contribution in [2.24, 2.45) is 5.10 Å². The highest BCUT2D eigenvalue weighted by atomic mass is 35.5. The van der Waals surface area contributed by atoms with Crippen molar-refractivity contribution in [1.29, 1.82) is 0 Å². The van der Waals surface area contributed by atoms with Gasteiger partial charge in [0.2, 0.25) is 5.13 Å².